The van der Waals surface area contributed by atoms with Crippen LogP contribution in [0.1, 0.15) is 20.3 Å². The van der Waals surface area contributed by atoms with Crippen molar-refractivity contribution >= 4 is 5.97 Å². The van der Waals surface area contributed by atoms with Crippen LogP contribution < -0.4 is 0 Å². The van der Waals surface area contributed by atoms with Gasteiger partial charge in [-0.05, 0) is 18.3 Å². The van der Waals surface area contributed by atoms with Crippen LogP contribution >= 0.6 is 0 Å². The number of rotatable bonds is 3. The molecule has 1 saturated carbocycles. The lowest BCUT2D eigenvalue weighted by Gasteiger charge is -1.91. The molecule has 0 heterocycles. The molecule has 0 aromatic heterocycles. The van der Waals surface area contributed by atoms with E-state index in [9.17, 15) is 4.79 Å². The second-order valence-corrected chi connectivity index (χ2v) is 3.47. The first-order chi connectivity index (χ1) is 5.11. The van der Waals surface area contributed by atoms with Crippen LogP contribution in [0.4, 0.5) is 0 Å². The maximum Gasteiger partial charge on any atom is 0.307 e. The molecule has 0 aromatic carbocycles. The highest BCUT2D eigenvalue weighted by Crippen LogP contribution is 2.39. The molecule has 0 aliphatic heterocycles. The Kier molecular flexibility index (Phi) is 2.32. The van der Waals surface area contributed by atoms with E-state index in [2.05, 4.69) is 19.9 Å². The van der Waals surface area contributed by atoms with E-state index in [-0.39, 0.29) is 5.92 Å². The summed E-state index contributed by atoms with van der Waals surface area (Å²) in [6.45, 7) is 4.18. The smallest absolute Gasteiger partial charge is 0.307 e. The maximum absolute atomic E-state index is 10.4. The van der Waals surface area contributed by atoms with E-state index in [1.54, 1.807) is 0 Å². The number of aliphatic carboxylic acids is 1. The van der Waals surface area contributed by atoms with Gasteiger partial charge in [-0.1, -0.05) is 26.0 Å². The molecule has 1 fully saturated rings. The normalized spacial score (nSPS) is 29.7. The van der Waals surface area contributed by atoms with Crippen molar-refractivity contribution in [2.24, 2.45) is 17.8 Å². The molecule has 2 nitrogen and oxygen atoms in total. The van der Waals surface area contributed by atoms with Crippen LogP contribution in [0.3, 0.4) is 0 Å². The molecule has 2 atom stereocenters. The van der Waals surface area contributed by atoms with E-state index < -0.39 is 5.97 Å². The monoisotopic (exact) mass is 154 g/mol. The quantitative estimate of drug-likeness (QED) is 0.630. The van der Waals surface area contributed by atoms with Gasteiger partial charge in [0.2, 0.25) is 0 Å². The van der Waals surface area contributed by atoms with Crippen LogP contribution in [0.15, 0.2) is 12.2 Å². The van der Waals surface area contributed by atoms with Gasteiger partial charge in [0.1, 0.15) is 0 Å². The van der Waals surface area contributed by atoms with Crippen molar-refractivity contribution in [2.75, 3.05) is 0 Å². The van der Waals surface area contributed by atoms with Gasteiger partial charge >= 0.3 is 5.97 Å². The van der Waals surface area contributed by atoms with Crippen LogP contribution in [0.5, 0.6) is 0 Å². The largest absolute Gasteiger partial charge is 0.481 e. The highest BCUT2D eigenvalue weighted by molar-refractivity contribution is 5.73. The van der Waals surface area contributed by atoms with Gasteiger partial charge in [-0.15, -0.1) is 0 Å². The molecule has 0 saturated heterocycles. The zero-order valence-corrected chi connectivity index (χ0v) is 6.95. The van der Waals surface area contributed by atoms with E-state index in [1.807, 2.05) is 6.08 Å². The summed E-state index contributed by atoms with van der Waals surface area (Å²) in [5.74, 6) is 0.105. The van der Waals surface area contributed by atoms with Crippen molar-refractivity contribution in [3.05, 3.63) is 12.2 Å². The standard InChI is InChI=1S/C9H14O2/c1-6(2)3-4-7-5-8(7)9(10)11/h3-4,6-8H,5H2,1-2H3,(H,10,11). The first-order valence-electron chi connectivity index (χ1n) is 4.02. The Hall–Kier alpha value is -0.790. The molecule has 2 heteroatoms. The van der Waals surface area contributed by atoms with Crippen molar-refractivity contribution in [1.29, 1.82) is 0 Å². The van der Waals surface area contributed by atoms with Crippen molar-refractivity contribution in [2.45, 2.75) is 20.3 Å². The summed E-state index contributed by atoms with van der Waals surface area (Å²) in [5.41, 5.74) is 0. The first-order valence-corrected chi connectivity index (χ1v) is 4.02. The van der Waals surface area contributed by atoms with E-state index in [0.717, 1.165) is 6.42 Å². The number of carbonyl (C=O) groups is 1. The predicted molar refractivity (Wildman–Crippen MR) is 43.2 cm³/mol. The molecule has 0 amide bonds. The van der Waals surface area contributed by atoms with Crippen molar-refractivity contribution < 1.29 is 9.90 Å². The summed E-state index contributed by atoms with van der Waals surface area (Å²) >= 11 is 0. The number of hydrogen-bond donors (Lipinski definition) is 1. The fourth-order valence-electron chi connectivity index (χ4n) is 1.08. The summed E-state index contributed by atoms with van der Waals surface area (Å²) in [7, 11) is 0. The Morgan fingerprint density at radius 3 is 2.64 bits per heavy atom. The van der Waals surface area contributed by atoms with Gasteiger partial charge in [0, 0.05) is 0 Å². The van der Waals surface area contributed by atoms with E-state index >= 15 is 0 Å². The minimum Gasteiger partial charge on any atom is -0.481 e. The van der Waals surface area contributed by atoms with Gasteiger partial charge in [0.05, 0.1) is 5.92 Å². The van der Waals surface area contributed by atoms with Gasteiger partial charge in [0.25, 0.3) is 0 Å². The maximum atomic E-state index is 10.4. The minimum atomic E-state index is -0.650. The molecule has 1 aliphatic rings. The molecule has 0 radical (unpaired) electrons. The van der Waals surface area contributed by atoms with Crippen molar-refractivity contribution in [3.63, 3.8) is 0 Å². The van der Waals surface area contributed by atoms with E-state index in [4.69, 9.17) is 5.11 Å². The van der Waals surface area contributed by atoms with Crippen LogP contribution in [0.2, 0.25) is 0 Å². The van der Waals surface area contributed by atoms with Crippen molar-refractivity contribution in [1.82, 2.24) is 0 Å². The summed E-state index contributed by atoms with van der Waals surface area (Å²) in [6.07, 6.45) is 4.94. The molecule has 0 aromatic rings. The predicted octanol–water partition coefficient (Wildman–Crippen LogP) is 1.92. The Bertz CT molecular complexity index is 182. The Labute approximate surface area is 66.9 Å². The van der Waals surface area contributed by atoms with Crippen LogP contribution in [-0.2, 0) is 4.79 Å². The Morgan fingerprint density at radius 2 is 2.27 bits per heavy atom. The fraction of sp³-hybridized carbons (Fsp3) is 0.667. The summed E-state index contributed by atoms with van der Waals surface area (Å²) in [5, 5.41) is 8.56. The first kappa shape index (κ1) is 8.31. The van der Waals surface area contributed by atoms with Crippen LogP contribution in [-0.4, -0.2) is 11.1 Å². The summed E-state index contributed by atoms with van der Waals surface area (Å²) < 4.78 is 0. The zero-order chi connectivity index (χ0) is 8.43. The molecule has 62 valence electrons. The number of carboxylic acid groups (broad SMARTS) is 1. The molecular formula is C9H14O2. The highest BCUT2D eigenvalue weighted by Gasteiger charge is 2.40. The molecule has 1 rings (SSSR count). The second kappa shape index (κ2) is 3.07. The second-order valence-electron chi connectivity index (χ2n) is 3.47. The topological polar surface area (TPSA) is 37.3 Å². The number of carboxylic acids is 1. The lowest BCUT2D eigenvalue weighted by molar-refractivity contribution is -0.138. The third-order valence-electron chi connectivity index (χ3n) is 1.90. The number of allylic oxidation sites excluding steroid dienone is 2. The van der Waals surface area contributed by atoms with E-state index in [1.165, 1.54) is 0 Å². The third-order valence-corrected chi connectivity index (χ3v) is 1.90. The zero-order valence-electron chi connectivity index (χ0n) is 6.95. The Morgan fingerprint density at radius 1 is 1.64 bits per heavy atom. The lowest BCUT2D eigenvalue weighted by atomic mass is 10.2. The molecule has 0 bridgehead atoms. The molecule has 11 heavy (non-hydrogen) atoms. The van der Waals surface area contributed by atoms with Crippen LogP contribution in [0, 0.1) is 17.8 Å². The van der Waals surface area contributed by atoms with Crippen molar-refractivity contribution in [3.8, 4) is 0 Å². The summed E-state index contributed by atoms with van der Waals surface area (Å²) in [6, 6.07) is 0. The van der Waals surface area contributed by atoms with E-state index in [0.29, 0.717) is 11.8 Å². The average Bonchev–Trinajstić information content (AvgIpc) is 2.61. The fourth-order valence-corrected chi connectivity index (χ4v) is 1.08. The van der Waals surface area contributed by atoms with Gasteiger partial charge in [0.15, 0.2) is 0 Å². The van der Waals surface area contributed by atoms with Gasteiger partial charge in [-0.2, -0.15) is 0 Å². The third kappa shape index (κ3) is 2.37. The van der Waals surface area contributed by atoms with Gasteiger partial charge < -0.3 is 5.11 Å². The molecule has 0 spiro atoms. The summed E-state index contributed by atoms with van der Waals surface area (Å²) in [4.78, 5) is 10.4. The van der Waals surface area contributed by atoms with Gasteiger partial charge in [-0.3, -0.25) is 4.79 Å². The molecule has 2 unspecified atom stereocenters. The van der Waals surface area contributed by atoms with Gasteiger partial charge in [-0.25, -0.2) is 0 Å². The highest BCUT2D eigenvalue weighted by atomic mass is 16.4. The molecule has 1 aliphatic carbocycles. The lowest BCUT2D eigenvalue weighted by Crippen LogP contribution is -1.98. The SMILES string of the molecule is CC(C)C=CC1CC1C(=O)O. The number of hydrogen-bond acceptors (Lipinski definition) is 1. The average molecular weight is 154 g/mol. The van der Waals surface area contributed by atoms with Crippen LogP contribution in [0.25, 0.3) is 0 Å². The minimum absolute atomic E-state index is 0.0926. The Balaban J connectivity index is 2.28. The molecular weight excluding hydrogens is 140 g/mol. The molecule has 1 N–H and O–H groups in total.